The highest BCUT2D eigenvalue weighted by Crippen LogP contribution is 2.31. The van der Waals surface area contributed by atoms with Crippen LogP contribution in [-0.2, 0) is 9.47 Å². The van der Waals surface area contributed by atoms with Crippen molar-refractivity contribution in [1.82, 2.24) is 9.97 Å². The second-order valence-electron chi connectivity index (χ2n) is 5.30. The number of aryl methyl sites for hydroxylation is 1. The Morgan fingerprint density at radius 1 is 1.04 bits per heavy atom. The van der Waals surface area contributed by atoms with E-state index in [2.05, 4.69) is 9.97 Å². The number of aromatic nitrogens is 2. The summed E-state index contributed by atoms with van der Waals surface area (Å²) in [5.41, 5.74) is 2.45. The topological polar surface area (TPSA) is 81.3 Å². The van der Waals surface area contributed by atoms with Crippen molar-refractivity contribution in [3.05, 3.63) is 41.2 Å². The highest BCUT2D eigenvalue weighted by atomic mass is 16.5. The van der Waals surface area contributed by atoms with Gasteiger partial charge in [-0.25, -0.2) is 14.6 Å². The standard InChI is InChI=1S/C18H18N2O4/c1-4-23-17(21)15-10(3)14-13(16(20-15)18(22)24-5-2)11-8-6-7-9-12(11)19-14/h6-9,19H,4-5H2,1-3H3. The van der Waals surface area contributed by atoms with Gasteiger partial charge in [-0.3, -0.25) is 0 Å². The number of esters is 2. The lowest BCUT2D eigenvalue weighted by Crippen LogP contribution is -2.15. The molecule has 2 heterocycles. The number of ether oxygens (including phenoxy) is 2. The molecule has 0 amide bonds. The first-order valence-corrected chi connectivity index (χ1v) is 7.83. The molecular formula is C18H18N2O4. The van der Waals surface area contributed by atoms with E-state index in [1.165, 1.54) is 0 Å². The number of nitrogens with one attached hydrogen (secondary N) is 1. The quantitative estimate of drug-likeness (QED) is 0.743. The third-order valence-corrected chi connectivity index (χ3v) is 3.83. The summed E-state index contributed by atoms with van der Waals surface area (Å²) in [6.07, 6.45) is 0. The van der Waals surface area contributed by atoms with Crippen LogP contribution < -0.4 is 0 Å². The van der Waals surface area contributed by atoms with Gasteiger partial charge < -0.3 is 14.5 Å². The normalized spacial score (nSPS) is 11.0. The van der Waals surface area contributed by atoms with E-state index in [0.717, 1.165) is 10.9 Å². The molecule has 0 fully saturated rings. The van der Waals surface area contributed by atoms with Crippen molar-refractivity contribution in [3.63, 3.8) is 0 Å². The van der Waals surface area contributed by atoms with Crippen molar-refractivity contribution in [3.8, 4) is 0 Å². The summed E-state index contributed by atoms with van der Waals surface area (Å²) in [7, 11) is 0. The Hall–Kier alpha value is -2.89. The van der Waals surface area contributed by atoms with Gasteiger partial charge in [0.05, 0.1) is 18.7 Å². The highest BCUT2D eigenvalue weighted by Gasteiger charge is 2.24. The number of carbonyl (C=O) groups is 2. The largest absolute Gasteiger partial charge is 0.461 e. The van der Waals surface area contributed by atoms with Crippen molar-refractivity contribution in [2.75, 3.05) is 13.2 Å². The first-order chi connectivity index (χ1) is 11.6. The van der Waals surface area contributed by atoms with Crippen LogP contribution in [-0.4, -0.2) is 35.1 Å². The van der Waals surface area contributed by atoms with E-state index in [0.29, 0.717) is 16.5 Å². The van der Waals surface area contributed by atoms with Crippen LogP contribution in [0.25, 0.3) is 21.8 Å². The number of pyridine rings is 1. The number of H-pyrrole nitrogens is 1. The summed E-state index contributed by atoms with van der Waals surface area (Å²) in [6.45, 7) is 5.70. The van der Waals surface area contributed by atoms with E-state index in [9.17, 15) is 9.59 Å². The molecule has 0 aliphatic carbocycles. The average molecular weight is 326 g/mol. The second-order valence-corrected chi connectivity index (χ2v) is 5.30. The monoisotopic (exact) mass is 326 g/mol. The number of rotatable bonds is 4. The van der Waals surface area contributed by atoms with Gasteiger partial charge in [0.25, 0.3) is 0 Å². The van der Waals surface area contributed by atoms with E-state index in [1.807, 2.05) is 24.3 Å². The molecule has 24 heavy (non-hydrogen) atoms. The molecule has 0 saturated carbocycles. The lowest BCUT2D eigenvalue weighted by molar-refractivity contribution is 0.0513. The fraction of sp³-hybridized carbons (Fsp3) is 0.278. The van der Waals surface area contributed by atoms with Gasteiger partial charge in [0.2, 0.25) is 0 Å². The molecule has 0 aliphatic heterocycles. The third-order valence-electron chi connectivity index (χ3n) is 3.83. The minimum Gasteiger partial charge on any atom is -0.461 e. The Morgan fingerprint density at radius 3 is 2.33 bits per heavy atom. The molecule has 0 aliphatic rings. The van der Waals surface area contributed by atoms with E-state index in [4.69, 9.17) is 9.47 Å². The molecule has 0 spiro atoms. The first-order valence-electron chi connectivity index (χ1n) is 7.83. The number of fused-ring (bicyclic) bond motifs is 3. The number of hydrogen-bond donors (Lipinski definition) is 1. The Labute approximate surface area is 138 Å². The molecule has 6 heteroatoms. The van der Waals surface area contributed by atoms with Gasteiger partial charge in [0.15, 0.2) is 11.4 Å². The number of hydrogen-bond acceptors (Lipinski definition) is 5. The first kappa shape index (κ1) is 16.0. The predicted octanol–water partition coefficient (Wildman–Crippen LogP) is 3.38. The molecule has 0 saturated heterocycles. The summed E-state index contributed by atoms with van der Waals surface area (Å²) in [4.78, 5) is 32.2. The lowest BCUT2D eigenvalue weighted by atomic mass is 10.1. The van der Waals surface area contributed by atoms with Crippen molar-refractivity contribution >= 4 is 33.7 Å². The second kappa shape index (κ2) is 6.31. The molecule has 1 aromatic carbocycles. The molecule has 0 unspecified atom stereocenters. The number of aromatic amines is 1. The summed E-state index contributed by atoms with van der Waals surface area (Å²) in [5.74, 6) is -1.11. The fourth-order valence-corrected chi connectivity index (χ4v) is 2.78. The molecule has 3 rings (SSSR count). The molecule has 3 aromatic rings. The SMILES string of the molecule is CCOC(=O)c1nc(C(=O)OCC)c2c([nH]c3ccccc32)c1C. The van der Waals surface area contributed by atoms with Crippen LogP contribution in [0, 0.1) is 6.92 Å². The van der Waals surface area contributed by atoms with Crippen LogP contribution in [0.1, 0.15) is 40.4 Å². The minimum absolute atomic E-state index is 0.123. The fourth-order valence-electron chi connectivity index (χ4n) is 2.78. The van der Waals surface area contributed by atoms with Crippen molar-refractivity contribution in [1.29, 1.82) is 0 Å². The Morgan fingerprint density at radius 2 is 1.67 bits per heavy atom. The number of para-hydroxylation sites is 1. The summed E-state index contributed by atoms with van der Waals surface area (Å²) >= 11 is 0. The maximum absolute atomic E-state index is 12.4. The maximum atomic E-state index is 12.4. The van der Waals surface area contributed by atoms with E-state index in [-0.39, 0.29) is 24.6 Å². The summed E-state index contributed by atoms with van der Waals surface area (Å²) in [6, 6.07) is 7.60. The Balaban J connectivity index is 2.37. The average Bonchev–Trinajstić information content (AvgIpc) is 2.96. The van der Waals surface area contributed by atoms with Gasteiger partial charge in [-0.1, -0.05) is 18.2 Å². The van der Waals surface area contributed by atoms with E-state index >= 15 is 0 Å². The Bertz CT molecular complexity index is 943. The van der Waals surface area contributed by atoms with Crippen LogP contribution >= 0.6 is 0 Å². The molecule has 6 nitrogen and oxygen atoms in total. The number of benzene rings is 1. The lowest BCUT2D eigenvalue weighted by Gasteiger charge is -2.09. The molecule has 2 aromatic heterocycles. The van der Waals surface area contributed by atoms with Crippen molar-refractivity contribution in [2.24, 2.45) is 0 Å². The van der Waals surface area contributed by atoms with Gasteiger partial charge in [-0.2, -0.15) is 0 Å². The molecular weight excluding hydrogens is 308 g/mol. The van der Waals surface area contributed by atoms with Crippen LogP contribution in [0.2, 0.25) is 0 Å². The van der Waals surface area contributed by atoms with Gasteiger partial charge in [-0.05, 0) is 26.8 Å². The zero-order chi connectivity index (χ0) is 17.3. The van der Waals surface area contributed by atoms with Crippen LogP contribution in [0.3, 0.4) is 0 Å². The Kier molecular flexibility index (Phi) is 4.20. The van der Waals surface area contributed by atoms with Crippen LogP contribution in [0.4, 0.5) is 0 Å². The van der Waals surface area contributed by atoms with Gasteiger partial charge in [-0.15, -0.1) is 0 Å². The number of carbonyl (C=O) groups excluding carboxylic acids is 2. The molecule has 1 N–H and O–H groups in total. The van der Waals surface area contributed by atoms with Gasteiger partial charge >= 0.3 is 11.9 Å². The predicted molar refractivity (Wildman–Crippen MR) is 90.2 cm³/mol. The summed E-state index contributed by atoms with van der Waals surface area (Å²) < 4.78 is 10.2. The molecule has 0 radical (unpaired) electrons. The smallest absolute Gasteiger partial charge is 0.357 e. The van der Waals surface area contributed by atoms with Gasteiger partial charge in [0.1, 0.15) is 0 Å². The van der Waals surface area contributed by atoms with E-state index in [1.54, 1.807) is 20.8 Å². The van der Waals surface area contributed by atoms with Crippen molar-refractivity contribution < 1.29 is 19.1 Å². The van der Waals surface area contributed by atoms with Crippen LogP contribution in [0.15, 0.2) is 24.3 Å². The summed E-state index contributed by atoms with van der Waals surface area (Å²) in [5, 5.41) is 1.52. The zero-order valence-electron chi connectivity index (χ0n) is 13.8. The van der Waals surface area contributed by atoms with E-state index < -0.39 is 11.9 Å². The van der Waals surface area contributed by atoms with Crippen molar-refractivity contribution in [2.45, 2.75) is 20.8 Å². The third kappa shape index (κ3) is 2.50. The molecule has 0 bridgehead atoms. The minimum atomic E-state index is -0.558. The van der Waals surface area contributed by atoms with Gasteiger partial charge in [0, 0.05) is 21.9 Å². The highest BCUT2D eigenvalue weighted by molar-refractivity contribution is 6.17. The number of nitrogens with zero attached hydrogens (tertiary/aromatic N) is 1. The molecule has 0 atom stereocenters. The van der Waals surface area contributed by atoms with Crippen LogP contribution in [0.5, 0.6) is 0 Å². The molecule has 124 valence electrons. The zero-order valence-corrected chi connectivity index (χ0v) is 13.8. The maximum Gasteiger partial charge on any atom is 0.357 e.